The Morgan fingerprint density at radius 3 is 1.61 bits per heavy atom. The van der Waals surface area contributed by atoms with E-state index in [9.17, 15) is 0 Å². The van der Waals surface area contributed by atoms with E-state index in [1.165, 1.54) is 170 Å². The van der Waals surface area contributed by atoms with Crippen molar-refractivity contribution in [3.63, 3.8) is 0 Å². The molecule has 8 aromatic rings. The molecule has 6 aliphatic rings. The van der Waals surface area contributed by atoms with Gasteiger partial charge in [-0.3, -0.25) is 0 Å². The summed E-state index contributed by atoms with van der Waals surface area (Å²) in [5.74, 6) is 0. The minimum Gasteiger partial charge on any atom is -0.376 e. The number of aryl methyl sites for hydroxylation is 1. The van der Waals surface area contributed by atoms with Gasteiger partial charge in [-0.05, 0) is 210 Å². The van der Waals surface area contributed by atoms with E-state index in [2.05, 4.69) is 223 Å². The van der Waals surface area contributed by atoms with Crippen molar-refractivity contribution >= 4 is 77.7 Å². The van der Waals surface area contributed by atoms with E-state index in [-0.39, 0.29) is 44.8 Å². The van der Waals surface area contributed by atoms with Crippen LogP contribution in [0.15, 0.2) is 109 Å². The molecule has 3 heterocycles. The Balaban J connectivity index is 1.19. The summed E-state index contributed by atoms with van der Waals surface area (Å²) in [5.41, 5.74) is 28.6. The van der Waals surface area contributed by atoms with Crippen LogP contribution >= 0.6 is 11.3 Å². The van der Waals surface area contributed by atoms with Gasteiger partial charge in [-0.2, -0.15) is 0 Å². The van der Waals surface area contributed by atoms with Crippen molar-refractivity contribution in [3.8, 4) is 22.3 Å². The maximum atomic E-state index is 2.87. The first kappa shape index (κ1) is 46.9. The van der Waals surface area contributed by atoms with Gasteiger partial charge < -0.3 is 9.71 Å². The molecular formula is C70H75BN2S. The molecule has 0 unspecified atom stereocenters. The molecule has 14 rings (SSSR count). The SMILES string of the molecule is Cc1cc2c(cc1N1c3cc4c(cc3B3c5c1cc1c(c5-c5cc6c(cc5N3c3ccc5c(c3)C(C)(C)CCC5(C)C)C(C)(C)CCC6(C)C)-c3ccccc3C1(C)C)sc1ccccc14)C(C)(C)CCC2(C)C. The zero-order valence-electron chi connectivity index (χ0n) is 47.0. The van der Waals surface area contributed by atoms with Gasteiger partial charge in [-0.25, -0.2) is 0 Å². The summed E-state index contributed by atoms with van der Waals surface area (Å²) < 4.78 is 2.71. The Hall–Kier alpha value is -5.58. The first-order valence-corrected chi connectivity index (χ1v) is 29.0. The molecule has 1 aromatic heterocycles. The average molecular weight is 987 g/mol. The van der Waals surface area contributed by atoms with Crippen LogP contribution < -0.4 is 20.6 Å². The highest BCUT2D eigenvalue weighted by molar-refractivity contribution is 7.26. The van der Waals surface area contributed by atoms with Crippen molar-refractivity contribution in [2.24, 2.45) is 0 Å². The molecule has 0 radical (unpaired) electrons. The molecule has 374 valence electrons. The summed E-state index contributed by atoms with van der Waals surface area (Å²) in [6, 6.07) is 45.0. The van der Waals surface area contributed by atoms with Crippen LogP contribution in [0.25, 0.3) is 42.4 Å². The quantitative estimate of drug-likeness (QED) is 0.159. The number of fused-ring (bicyclic) bond motifs is 14. The summed E-state index contributed by atoms with van der Waals surface area (Å²) >= 11 is 1.96. The van der Waals surface area contributed by atoms with Crippen molar-refractivity contribution in [1.29, 1.82) is 0 Å². The molecule has 0 saturated carbocycles. The largest absolute Gasteiger partial charge is 0.376 e. The van der Waals surface area contributed by atoms with E-state index in [1.807, 2.05) is 11.3 Å². The van der Waals surface area contributed by atoms with Crippen LogP contribution in [0.5, 0.6) is 0 Å². The number of benzene rings is 7. The van der Waals surface area contributed by atoms with Gasteiger partial charge in [-0.1, -0.05) is 152 Å². The van der Waals surface area contributed by atoms with Gasteiger partial charge in [0.2, 0.25) is 0 Å². The highest BCUT2D eigenvalue weighted by atomic mass is 32.1. The van der Waals surface area contributed by atoms with E-state index in [0.717, 1.165) is 0 Å². The number of hydrogen-bond donors (Lipinski definition) is 0. The second-order valence-electron chi connectivity index (χ2n) is 28.5. The number of nitrogens with zero attached hydrogens (tertiary/aromatic N) is 2. The van der Waals surface area contributed by atoms with Crippen molar-refractivity contribution in [2.75, 3.05) is 9.71 Å². The fraction of sp³-hybridized carbons (Fsp3) is 0.400. The predicted octanol–water partition coefficient (Wildman–Crippen LogP) is 18.4. The van der Waals surface area contributed by atoms with Gasteiger partial charge in [0.15, 0.2) is 0 Å². The maximum absolute atomic E-state index is 2.87. The summed E-state index contributed by atoms with van der Waals surface area (Å²) in [7, 11) is 0. The average Bonchev–Trinajstić information content (AvgIpc) is 3.90. The number of anilines is 5. The third-order valence-corrected chi connectivity index (χ3v) is 21.9. The van der Waals surface area contributed by atoms with Gasteiger partial charge in [0, 0.05) is 59.6 Å². The zero-order chi connectivity index (χ0) is 51.8. The van der Waals surface area contributed by atoms with E-state index in [4.69, 9.17) is 0 Å². The predicted molar refractivity (Wildman–Crippen MR) is 321 cm³/mol. The van der Waals surface area contributed by atoms with E-state index in [0.29, 0.717) is 0 Å². The van der Waals surface area contributed by atoms with E-state index in [1.54, 1.807) is 0 Å². The van der Waals surface area contributed by atoms with Gasteiger partial charge in [0.05, 0.1) is 0 Å². The monoisotopic (exact) mass is 987 g/mol. The number of thiophene rings is 1. The minimum atomic E-state index is -0.215. The van der Waals surface area contributed by atoms with Gasteiger partial charge in [0.1, 0.15) is 0 Å². The van der Waals surface area contributed by atoms with Crippen LogP contribution in [-0.4, -0.2) is 6.85 Å². The highest BCUT2D eigenvalue weighted by Gasteiger charge is 2.52. The molecule has 0 bridgehead atoms. The summed E-state index contributed by atoms with van der Waals surface area (Å²) in [6.07, 6.45) is 7.09. The highest BCUT2D eigenvalue weighted by Crippen LogP contribution is 2.61. The Morgan fingerprint density at radius 1 is 0.405 bits per heavy atom. The molecule has 74 heavy (non-hydrogen) atoms. The van der Waals surface area contributed by atoms with E-state index >= 15 is 0 Å². The lowest BCUT2D eigenvalue weighted by Crippen LogP contribution is -2.62. The second kappa shape index (κ2) is 14.7. The van der Waals surface area contributed by atoms with Crippen molar-refractivity contribution in [2.45, 2.75) is 180 Å². The molecule has 0 atom stereocenters. The fourth-order valence-electron chi connectivity index (χ4n) is 15.7. The molecular weight excluding hydrogens is 912 g/mol. The summed E-state index contributed by atoms with van der Waals surface area (Å²) in [6.45, 7) is 37.3. The van der Waals surface area contributed by atoms with Gasteiger partial charge in [-0.15, -0.1) is 11.3 Å². The first-order valence-electron chi connectivity index (χ1n) is 28.2. The molecule has 0 amide bonds. The molecule has 0 saturated heterocycles. The van der Waals surface area contributed by atoms with Crippen LogP contribution in [0.1, 0.15) is 186 Å². The van der Waals surface area contributed by atoms with Gasteiger partial charge >= 0.3 is 6.85 Å². The molecule has 0 fully saturated rings. The van der Waals surface area contributed by atoms with Crippen LogP contribution in [-0.2, 0) is 37.9 Å². The molecule has 4 aliphatic carbocycles. The molecule has 7 aromatic carbocycles. The van der Waals surface area contributed by atoms with Crippen molar-refractivity contribution < 1.29 is 0 Å². The molecule has 2 nitrogen and oxygen atoms in total. The standard InChI is InChI=1S/C70H75BN2S/c1-40-32-48-51(68(10,11)30-28-65(48,4)5)36-55(40)72-57-35-44-42-20-17-19-23-59(42)74-60(44)39-54(57)71-63-58(72)38-53-61(43-21-16-18-22-46(43)70(53,14)15)62(63)45-34-50-52(69(12,13)31-29-67(50,8)9)37-56(45)73(71)41-24-25-47-49(33-41)66(6,7)27-26-64(47,2)3/h16-25,32-39H,26-31H2,1-15H3. The Morgan fingerprint density at radius 2 is 0.946 bits per heavy atom. The second-order valence-corrected chi connectivity index (χ2v) is 29.6. The van der Waals surface area contributed by atoms with Crippen LogP contribution in [0.2, 0.25) is 0 Å². The lowest BCUT2D eigenvalue weighted by atomic mass is 9.42. The zero-order valence-corrected chi connectivity index (χ0v) is 47.8. The third-order valence-electron chi connectivity index (χ3n) is 20.7. The Bertz CT molecular complexity index is 3810. The minimum absolute atomic E-state index is 0.0307. The van der Waals surface area contributed by atoms with E-state index < -0.39 is 0 Å². The molecule has 0 spiro atoms. The fourth-order valence-corrected chi connectivity index (χ4v) is 16.8. The van der Waals surface area contributed by atoms with Crippen LogP contribution in [0.4, 0.5) is 28.4 Å². The Labute approximate surface area is 446 Å². The van der Waals surface area contributed by atoms with Crippen molar-refractivity contribution in [1.82, 2.24) is 0 Å². The van der Waals surface area contributed by atoms with Gasteiger partial charge in [0.25, 0.3) is 0 Å². The molecule has 0 N–H and O–H groups in total. The van der Waals surface area contributed by atoms with Crippen molar-refractivity contribution in [3.05, 3.63) is 159 Å². The van der Waals surface area contributed by atoms with Crippen LogP contribution in [0, 0.1) is 6.92 Å². The number of rotatable bonds is 2. The molecule has 2 aliphatic heterocycles. The third kappa shape index (κ3) is 6.18. The van der Waals surface area contributed by atoms with Crippen LogP contribution in [0.3, 0.4) is 0 Å². The lowest BCUT2D eigenvalue weighted by Gasteiger charge is -2.50. The Kier molecular flexibility index (Phi) is 9.30. The summed E-state index contributed by atoms with van der Waals surface area (Å²) in [5, 5.41) is 2.70. The smallest absolute Gasteiger partial charge is 0.333 e. The molecule has 4 heteroatoms. The topological polar surface area (TPSA) is 6.48 Å². The first-order chi connectivity index (χ1) is 34.8. The summed E-state index contributed by atoms with van der Waals surface area (Å²) in [4.78, 5) is 5.66. The maximum Gasteiger partial charge on any atom is 0.333 e. The lowest BCUT2D eigenvalue weighted by molar-refractivity contribution is 0.332. The normalized spacial score (nSPS) is 21.0. The number of hydrogen-bond acceptors (Lipinski definition) is 3.